The Labute approximate surface area is 282 Å². The second-order valence-corrected chi connectivity index (χ2v) is 15.2. The predicted octanol–water partition coefficient (Wildman–Crippen LogP) is 2.70. The molecule has 3 aromatic carbocycles. The summed E-state index contributed by atoms with van der Waals surface area (Å²) in [6, 6.07) is 11.4. The van der Waals surface area contributed by atoms with Crippen LogP contribution in [0.5, 0.6) is 0 Å². The molecular weight excluding hydrogens is 653 g/mol. The fraction of sp³-hybridized carbons (Fsp3) is 0.412. The molecule has 0 saturated heterocycles. The maximum absolute atomic E-state index is 13.7. The Balaban J connectivity index is 1.37. The van der Waals surface area contributed by atoms with Crippen LogP contribution in [0.1, 0.15) is 72.4 Å². The number of hydrogen-bond donors (Lipinski definition) is 2. The maximum atomic E-state index is 13.7. The van der Waals surface area contributed by atoms with Crippen LogP contribution in [0.3, 0.4) is 0 Å². The second kappa shape index (κ2) is 14.8. The van der Waals surface area contributed by atoms with Gasteiger partial charge < -0.3 is 9.80 Å². The Kier molecular flexibility index (Phi) is 11.0. The molecule has 0 bridgehead atoms. The van der Waals surface area contributed by atoms with Crippen molar-refractivity contribution in [2.24, 2.45) is 9.98 Å². The Hall–Kier alpha value is -3.66. The first-order valence-corrected chi connectivity index (χ1v) is 19.3. The third-order valence-electron chi connectivity index (χ3n) is 8.81. The zero-order chi connectivity index (χ0) is 34.6. The quantitative estimate of drug-likeness (QED) is 0.149. The van der Waals surface area contributed by atoms with E-state index in [1.54, 1.807) is 0 Å². The summed E-state index contributed by atoms with van der Waals surface area (Å²) >= 11 is 0. The molecule has 0 saturated carbocycles. The van der Waals surface area contributed by atoms with Crippen LogP contribution in [0.4, 0.5) is 11.4 Å². The number of carbonyl (C=O) groups is 2. The zero-order valence-electron chi connectivity index (χ0n) is 27.7. The molecule has 2 heterocycles. The van der Waals surface area contributed by atoms with E-state index in [4.69, 9.17) is 0 Å². The molecule has 0 radical (unpaired) electrons. The second-order valence-electron chi connectivity index (χ2n) is 11.7. The van der Waals surface area contributed by atoms with Gasteiger partial charge in [0.15, 0.2) is 11.6 Å². The number of nitrogens with zero attached hydrogens (tertiary/aromatic N) is 4. The van der Waals surface area contributed by atoms with E-state index in [2.05, 4.69) is 56.9 Å². The third kappa shape index (κ3) is 7.48. The lowest BCUT2D eigenvalue weighted by molar-refractivity contribution is 0.102. The molecule has 2 aliphatic rings. The largest absolute Gasteiger partial charge is 0.304 e. The molecule has 2 aliphatic heterocycles. The predicted molar refractivity (Wildman–Crippen MR) is 183 cm³/mol. The number of ketones is 2. The van der Waals surface area contributed by atoms with Crippen molar-refractivity contribution < 1.29 is 26.4 Å². The van der Waals surface area contributed by atoms with Gasteiger partial charge in [-0.25, -0.2) is 36.3 Å². The van der Waals surface area contributed by atoms with Gasteiger partial charge in [0, 0.05) is 24.2 Å². The molecule has 12 nitrogen and oxygen atoms in total. The summed E-state index contributed by atoms with van der Waals surface area (Å²) in [5, 5.41) is 0.504. The monoisotopic (exact) mass is 694 g/mol. The minimum Gasteiger partial charge on any atom is -0.304 e. The minimum absolute atomic E-state index is 0.0352. The first-order chi connectivity index (χ1) is 22.9. The molecular formula is C34H42N6O6S2. The Morgan fingerprint density at radius 1 is 0.562 bits per heavy atom. The summed E-state index contributed by atoms with van der Waals surface area (Å²) in [4.78, 5) is 40.8. The van der Waals surface area contributed by atoms with E-state index in [0.29, 0.717) is 12.8 Å². The lowest BCUT2D eigenvalue weighted by Crippen LogP contribution is -2.31. The van der Waals surface area contributed by atoms with Crippen molar-refractivity contribution >= 4 is 43.0 Å². The van der Waals surface area contributed by atoms with E-state index in [1.165, 1.54) is 48.5 Å². The molecule has 0 spiro atoms. The number of carbonyl (C=O) groups excluding carboxylic acids is 2. The van der Waals surface area contributed by atoms with Gasteiger partial charge in [-0.15, -0.1) is 0 Å². The van der Waals surface area contributed by atoms with Gasteiger partial charge in [0.05, 0.1) is 43.0 Å². The van der Waals surface area contributed by atoms with Gasteiger partial charge in [0.25, 0.3) is 0 Å². The fourth-order valence-corrected chi connectivity index (χ4v) is 8.06. The molecule has 48 heavy (non-hydrogen) atoms. The molecule has 0 fully saturated rings. The highest BCUT2D eigenvalue weighted by Gasteiger charge is 2.28. The Morgan fingerprint density at radius 3 is 1.29 bits per heavy atom. The zero-order valence-corrected chi connectivity index (χ0v) is 29.4. The van der Waals surface area contributed by atoms with E-state index in [1.807, 2.05) is 0 Å². The summed E-state index contributed by atoms with van der Waals surface area (Å²) in [6.45, 7) is 13.8. The van der Waals surface area contributed by atoms with Crippen molar-refractivity contribution in [2.75, 3.05) is 52.4 Å². The van der Waals surface area contributed by atoms with Gasteiger partial charge in [0.1, 0.15) is 0 Å². The van der Waals surface area contributed by atoms with Crippen LogP contribution in [-0.4, -0.2) is 90.6 Å². The molecule has 14 heteroatoms. The molecule has 2 N–H and O–H groups in total. The van der Waals surface area contributed by atoms with Crippen LogP contribution in [0.2, 0.25) is 0 Å². The third-order valence-corrected chi connectivity index (χ3v) is 11.7. The van der Waals surface area contributed by atoms with Crippen LogP contribution in [0.25, 0.3) is 0 Å². The van der Waals surface area contributed by atoms with Gasteiger partial charge in [-0.1, -0.05) is 27.7 Å². The molecule has 3 aromatic rings. The van der Waals surface area contributed by atoms with Crippen molar-refractivity contribution in [3.05, 3.63) is 81.5 Å². The van der Waals surface area contributed by atoms with Crippen LogP contribution in [0, 0.1) is 0 Å². The number of hydrogen-bond acceptors (Lipinski definition) is 10. The van der Waals surface area contributed by atoms with Crippen molar-refractivity contribution in [1.82, 2.24) is 19.2 Å². The fourth-order valence-electron chi connectivity index (χ4n) is 5.86. The van der Waals surface area contributed by atoms with Crippen molar-refractivity contribution in [1.29, 1.82) is 0 Å². The van der Waals surface area contributed by atoms with Crippen molar-refractivity contribution in [3.63, 3.8) is 0 Å². The number of rotatable bonds is 16. The maximum Gasteiger partial charge on any atom is 0.240 e. The van der Waals surface area contributed by atoms with E-state index >= 15 is 0 Å². The summed E-state index contributed by atoms with van der Waals surface area (Å²) in [5.41, 5.74) is 1.22. The number of fused-ring (bicyclic) bond motifs is 4. The summed E-state index contributed by atoms with van der Waals surface area (Å²) in [5.74, 6) is -0.864. The van der Waals surface area contributed by atoms with Gasteiger partial charge >= 0.3 is 0 Å². The molecule has 0 aliphatic carbocycles. The van der Waals surface area contributed by atoms with Crippen molar-refractivity contribution in [3.8, 4) is 0 Å². The Bertz CT molecular complexity index is 1930. The van der Waals surface area contributed by atoms with Gasteiger partial charge in [0.2, 0.25) is 20.0 Å². The van der Waals surface area contributed by atoms with Crippen molar-refractivity contribution in [2.45, 2.75) is 50.3 Å². The summed E-state index contributed by atoms with van der Waals surface area (Å²) < 4.78 is 57.4. The lowest BCUT2D eigenvalue weighted by Gasteiger charge is -2.18. The normalized spacial score (nSPS) is 13.9. The van der Waals surface area contributed by atoms with E-state index in [0.717, 1.165) is 39.3 Å². The van der Waals surface area contributed by atoms with E-state index < -0.39 is 31.6 Å². The molecule has 0 aromatic heterocycles. The Morgan fingerprint density at radius 2 is 0.938 bits per heavy atom. The van der Waals surface area contributed by atoms with Crippen LogP contribution in [-0.2, 0) is 20.0 Å². The molecule has 0 unspecified atom stereocenters. The lowest BCUT2D eigenvalue weighted by atomic mass is 9.93. The highest BCUT2D eigenvalue weighted by Crippen LogP contribution is 2.30. The van der Waals surface area contributed by atoms with E-state index in [9.17, 15) is 26.4 Å². The molecule has 5 rings (SSSR count). The standard InChI is InChI=1S/C34H42N6O6S2/c1-5-39(6-2)17-9-15-35-47(43,44)23-11-13-29-25(19-23)33(41)27-21-32-28(22-31(27)37-29)34(42)26-20-24(12-14-30(26)38-32)48(45,46)36-16-10-18-40(7-3)8-4/h11-14,19-22,35-36H,5-10,15-18H2,1-4H3. The number of benzene rings is 3. The summed E-state index contributed by atoms with van der Waals surface area (Å²) in [7, 11) is -7.73. The van der Waals surface area contributed by atoms with Crippen LogP contribution < -0.4 is 20.2 Å². The molecule has 256 valence electrons. The van der Waals surface area contributed by atoms with Crippen LogP contribution in [0.15, 0.2) is 68.3 Å². The number of nitrogens with one attached hydrogen (secondary N) is 2. The highest BCUT2D eigenvalue weighted by molar-refractivity contribution is 7.89. The SMILES string of the molecule is CCN(CC)CCCNS(=O)(=O)c1ccc2c(c1)C(=O)c1cc3c(cc1=N2)C(=O)c1cc(S(=O)(=O)NCCCN(CC)CC)ccc1N=3. The highest BCUT2D eigenvalue weighted by atomic mass is 32.2. The first kappa shape index (κ1) is 35.6. The molecule has 0 atom stereocenters. The van der Waals surface area contributed by atoms with E-state index in [-0.39, 0.29) is 67.2 Å². The summed E-state index contributed by atoms with van der Waals surface area (Å²) in [6.07, 6.45) is 1.30. The van der Waals surface area contributed by atoms with Gasteiger partial charge in [-0.05, 0) is 101 Å². The topological polar surface area (TPSA) is 158 Å². The average molecular weight is 695 g/mol. The first-order valence-electron chi connectivity index (χ1n) is 16.3. The average Bonchev–Trinajstić information content (AvgIpc) is 3.08. The van der Waals surface area contributed by atoms with Crippen LogP contribution >= 0.6 is 0 Å². The number of sulfonamides is 2. The molecule has 0 amide bonds. The van der Waals surface area contributed by atoms with Gasteiger partial charge in [-0.3, -0.25) is 9.59 Å². The smallest absolute Gasteiger partial charge is 0.240 e. The minimum atomic E-state index is -3.86. The van der Waals surface area contributed by atoms with Gasteiger partial charge in [-0.2, -0.15) is 0 Å².